The molecule has 3 amide bonds. The topological polar surface area (TPSA) is 84.7 Å². The van der Waals surface area contributed by atoms with Crippen molar-refractivity contribution >= 4 is 46.8 Å². The van der Waals surface area contributed by atoms with Gasteiger partial charge in [-0.25, -0.2) is 4.79 Å². The highest BCUT2D eigenvalue weighted by molar-refractivity contribution is 7.98. The quantitative estimate of drug-likeness (QED) is 0.149. The molecule has 204 valence electrons. The number of urea groups is 1. The molecule has 0 radical (unpaired) electrons. The summed E-state index contributed by atoms with van der Waals surface area (Å²) in [6.07, 6.45) is 15.4. The Morgan fingerprint density at radius 1 is 0.919 bits per heavy atom. The van der Waals surface area contributed by atoms with Crippen molar-refractivity contribution in [2.75, 3.05) is 36.3 Å². The van der Waals surface area contributed by atoms with Gasteiger partial charge in [0.15, 0.2) is 0 Å². The number of carbonyl (C=O) groups is 2. The molecular formula is C29H43N3O3S2. The Hall–Kier alpha value is -2.32. The summed E-state index contributed by atoms with van der Waals surface area (Å²) in [7, 11) is 0. The Labute approximate surface area is 231 Å². The largest absolute Gasteiger partial charge is 0.494 e. The van der Waals surface area contributed by atoms with E-state index in [9.17, 15) is 9.59 Å². The number of nitrogens with two attached hydrogens (primary N) is 1. The third-order valence-electron chi connectivity index (χ3n) is 6.11. The van der Waals surface area contributed by atoms with E-state index >= 15 is 0 Å². The maximum Gasteiger partial charge on any atom is 0.323 e. The maximum atomic E-state index is 12.6. The molecule has 0 aromatic heterocycles. The smallest absolute Gasteiger partial charge is 0.323 e. The fraction of sp³-hybridized carbons (Fsp3) is 0.517. The molecule has 0 aliphatic heterocycles. The van der Waals surface area contributed by atoms with Crippen LogP contribution in [-0.4, -0.2) is 43.4 Å². The van der Waals surface area contributed by atoms with Gasteiger partial charge in [-0.2, -0.15) is 11.8 Å². The molecule has 0 saturated heterocycles. The highest BCUT2D eigenvalue weighted by atomic mass is 32.2. The van der Waals surface area contributed by atoms with E-state index in [4.69, 9.17) is 10.5 Å². The second-order valence-corrected chi connectivity index (χ2v) is 10.8. The van der Waals surface area contributed by atoms with Gasteiger partial charge < -0.3 is 15.8 Å². The molecule has 2 aromatic carbocycles. The third-order valence-corrected chi connectivity index (χ3v) is 7.50. The number of primary amides is 1. The normalized spacial score (nSPS) is 10.8. The first-order valence-corrected chi connectivity index (χ1v) is 15.9. The third kappa shape index (κ3) is 10.9. The summed E-state index contributed by atoms with van der Waals surface area (Å²) in [6, 6.07) is 12.1. The Bertz CT molecular complexity index is 954. The summed E-state index contributed by atoms with van der Waals surface area (Å²) in [5.74, 6) is 1.43. The van der Waals surface area contributed by atoms with Crippen LogP contribution in [0.4, 0.5) is 16.2 Å². The summed E-state index contributed by atoms with van der Waals surface area (Å²) in [4.78, 5) is 27.4. The van der Waals surface area contributed by atoms with Crippen molar-refractivity contribution in [3.8, 4) is 5.75 Å². The van der Waals surface area contributed by atoms with Gasteiger partial charge in [-0.15, -0.1) is 11.8 Å². The van der Waals surface area contributed by atoms with Gasteiger partial charge >= 0.3 is 6.03 Å². The molecule has 0 saturated carbocycles. The highest BCUT2D eigenvalue weighted by Crippen LogP contribution is 2.35. The molecule has 2 rings (SSSR count). The lowest BCUT2D eigenvalue weighted by Gasteiger charge is -2.24. The minimum atomic E-state index is -0.612. The van der Waals surface area contributed by atoms with Crippen LogP contribution in [0.3, 0.4) is 0 Å². The average Bonchev–Trinajstić information content (AvgIpc) is 2.90. The minimum Gasteiger partial charge on any atom is -0.494 e. The molecule has 6 nitrogen and oxygen atoms in total. The first kappa shape index (κ1) is 30.9. The number of ether oxygens (including phenoxy) is 1. The lowest BCUT2D eigenvalue weighted by Crippen LogP contribution is -2.32. The Morgan fingerprint density at radius 2 is 1.57 bits per heavy atom. The van der Waals surface area contributed by atoms with E-state index in [-0.39, 0.29) is 5.91 Å². The average molecular weight is 546 g/mol. The van der Waals surface area contributed by atoms with Gasteiger partial charge in [0.05, 0.1) is 18.0 Å². The van der Waals surface area contributed by atoms with Crippen molar-refractivity contribution in [2.45, 2.75) is 69.6 Å². The second-order valence-electron chi connectivity index (χ2n) is 8.98. The monoisotopic (exact) mass is 545 g/mol. The standard InChI is InChI=1S/C29H43N3O3S2/c1-4-5-6-7-8-9-10-11-12-20-35-25-16-14-24(15-17-25)32(29(30)34)26-22-23(13-18-27(26)37-3)28(33)31-19-21-36-2/h13-18,22H,4-12,19-21H2,1-3H3,(H2,30,34)(H,31,33). The van der Waals surface area contributed by atoms with Gasteiger partial charge in [0, 0.05) is 22.8 Å². The second kappa shape index (κ2) is 18.0. The van der Waals surface area contributed by atoms with E-state index in [0.717, 1.165) is 22.8 Å². The van der Waals surface area contributed by atoms with Crippen molar-refractivity contribution in [1.82, 2.24) is 5.32 Å². The van der Waals surface area contributed by atoms with Crippen molar-refractivity contribution in [3.05, 3.63) is 48.0 Å². The SMILES string of the molecule is CCCCCCCCCCCOc1ccc(N(C(N)=O)c2cc(C(=O)NCCSC)ccc2SC)cc1. The summed E-state index contributed by atoms with van der Waals surface area (Å²) in [5.41, 5.74) is 7.50. The van der Waals surface area contributed by atoms with E-state index in [0.29, 0.717) is 30.1 Å². The molecule has 8 heteroatoms. The number of anilines is 2. The van der Waals surface area contributed by atoms with Crippen LogP contribution in [0.5, 0.6) is 5.75 Å². The van der Waals surface area contributed by atoms with Crippen molar-refractivity contribution in [2.24, 2.45) is 5.73 Å². The van der Waals surface area contributed by atoms with Crippen LogP contribution in [0.15, 0.2) is 47.4 Å². The predicted molar refractivity (Wildman–Crippen MR) is 160 cm³/mol. The van der Waals surface area contributed by atoms with E-state index in [1.807, 2.05) is 42.8 Å². The molecule has 0 unspecified atom stereocenters. The Morgan fingerprint density at radius 3 is 2.16 bits per heavy atom. The summed E-state index contributed by atoms with van der Waals surface area (Å²) >= 11 is 3.16. The van der Waals surface area contributed by atoms with Crippen LogP contribution in [0.25, 0.3) is 0 Å². The molecule has 0 atom stereocenters. The number of benzene rings is 2. The van der Waals surface area contributed by atoms with Crippen molar-refractivity contribution in [3.63, 3.8) is 0 Å². The van der Waals surface area contributed by atoms with Crippen molar-refractivity contribution in [1.29, 1.82) is 0 Å². The molecule has 0 heterocycles. The summed E-state index contributed by atoms with van der Waals surface area (Å²) in [5, 5.41) is 2.91. The van der Waals surface area contributed by atoms with Gasteiger partial charge in [-0.05, 0) is 61.4 Å². The molecule has 0 spiro atoms. The van der Waals surface area contributed by atoms with Gasteiger partial charge in [0.25, 0.3) is 5.91 Å². The first-order chi connectivity index (χ1) is 18.0. The number of amides is 3. The number of nitrogens with zero attached hydrogens (tertiary/aromatic N) is 1. The van der Waals surface area contributed by atoms with E-state index in [1.165, 1.54) is 68.0 Å². The zero-order chi connectivity index (χ0) is 26.9. The van der Waals surface area contributed by atoms with Gasteiger partial charge in [-0.3, -0.25) is 9.69 Å². The zero-order valence-corrected chi connectivity index (χ0v) is 24.2. The number of thioether (sulfide) groups is 2. The number of rotatable bonds is 18. The highest BCUT2D eigenvalue weighted by Gasteiger charge is 2.20. The molecule has 3 N–H and O–H groups in total. The van der Waals surface area contributed by atoms with Crippen LogP contribution in [0, 0.1) is 0 Å². The number of carbonyl (C=O) groups excluding carboxylic acids is 2. The van der Waals surface area contributed by atoms with E-state index < -0.39 is 6.03 Å². The van der Waals surface area contributed by atoms with Crippen LogP contribution in [0.2, 0.25) is 0 Å². The number of unbranched alkanes of at least 4 members (excludes halogenated alkanes) is 8. The minimum absolute atomic E-state index is 0.174. The van der Waals surface area contributed by atoms with Gasteiger partial charge in [0.1, 0.15) is 5.75 Å². The zero-order valence-electron chi connectivity index (χ0n) is 22.6. The molecule has 2 aromatic rings. The fourth-order valence-corrected chi connectivity index (χ4v) is 4.92. The lowest BCUT2D eigenvalue weighted by molar-refractivity contribution is 0.0956. The summed E-state index contributed by atoms with van der Waals surface area (Å²) < 4.78 is 5.92. The Kier molecular flexibility index (Phi) is 15.0. The van der Waals surface area contributed by atoms with Gasteiger partial charge in [0.2, 0.25) is 0 Å². The van der Waals surface area contributed by atoms with Gasteiger partial charge in [-0.1, -0.05) is 58.3 Å². The molecule has 0 bridgehead atoms. The van der Waals surface area contributed by atoms with Crippen LogP contribution in [-0.2, 0) is 0 Å². The van der Waals surface area contributed by atoms with Crippen LogP contribution >= 0.6 is 23.5 Å². The van der Waals surface area contributed by atoms with Crippen molar-refractivity contribution < 1.29 is 14.3 Å². The van der Waals surface area contributed by atoms with Crippen LogP contribution < -0.4 is 20.7 Å². The number of hydrogen-bond acceptors (Lipinski definition) is 5. The Balaban J connectivity index is 1.97. The van der Waals surface area contributed by atoms with E-state index in [2.05, 4.69) is 12.2 Å². The molecule has 0 fully saturated rings. The lowest BCUT2D eigenvalue weighted by atomic mass is 10.1. The molecule has 0 aliphatic carbocycles. The molecule has 37 heavy (non-hydrogen) atoms. The maximum absolute atomic E-state index is 12.6. The predicted octanol–water partition coefficient (Wildman–Crippen LogP) is 7.63. The number of hydrogen-bond donors (Lipinski definition) is 2. The molecular weight excluding hydrogens is 502 g/mol. The first-order valence-electron chi connectivity index (χ1n) is 13.3. The van der Waals surface area contributed by atoms with E-state index in [1.54, 1.807) is 23.9 Å². The number of nitrogens with one attached hydrogen (secondary N) is 1. The molecule has 0 aliphatic rings. The van der Waals surface area contributed by atoms with Crippen LogP contribution in [0.1, 0.15) is 75.1 Å². The fourth-order valence-electron chi connectivity index (χ4n) is 4.05. The summed E-state index contributed by atoms with van der Waals surface area (Å²) in [6.45, 7) is 3.51.